The third kappa shape index (κ3) is 1.82. The van der Waals surface area contributed by atoms with Crippen LogP contribution in [0.15, 0.2) is 0 Å². The van der Waals surface area contributed by atoms with Crippen LogP contribution in [0, 0.1) is 5.92 Å². The fourth-order valence-corrected chi connectivity index (χ4v) is 1.73. The molecule has 15 heavy (non-hydrogen) atoms. The summed E-state index contributed by atoms with van der Waals surface area (Å²) in [6.45, 7) is -1.36. The first-order valence-electron chi connectivity index (χ1n) is 3.91. The third-order valence-corrected chi connectivity index (χ3v) is 2.75. The molecule has 1 atom stereocenters. The standard InChI is InChI=1S/C6H9F2NO5S/c1-4-5(10)9(14-15(11,12)13)6(4,2-7)3-8/h4H,2-3H2,1H3,(H,11,12,13)/t4-/m1/s1. The van der Waals surface area contributed by atoms with E-state index in [1.165, 1.54) is 6.92 Å². The Kier molecular flexibility index (Phi) is 2.99. The van der Waals surface area contributed by atoms with Gasteiger partial charge < -0.3 is 0 Å². The Labute approximate surface area is 84.7 Å². The second-order valence-corrected chi connectivity index (χ2v) is 4.23. The number of halogens is 2. The number of carbonyl (C=O) groups is 1. The fraction of sp³-hybridized carbons (Fsp3) is 0.833. The topological polar surface area (TPSA) is 83.9 Å². The number of β-lactam (4-membered cyclic amide) rings is 1. The van der Waals surface area contributed by atoms with Gasteiger partial charge in [0.05, 0.1) is 5.92 Å². The molecule has 0 aliphatic carbocycles. The first kappa shape index (κ1) is 12.3. The van der Waals surface area contributed by atoms with Gasteiger partial charge >= 0.3 is 10.4 Å². The first-order chi connectivity index (χ1) is 6.78. The molecule has 1 fully saturated rings. The van der Waals surface area contributed by atoms with Crippen LogP contribution in [0.4, 0.5) is 8.78 Å². The molecule has 1 saturated heterocycles. The predicted octanol–water partition coefficient (Wildman–Crippen LogP) is -0.123. The maximum absolute atomic E-state index is 12.6. The lowest BCUT2D eigenvalue weighted by molar-refractivity contribution is -0.241. The predicted molar refractivity (Wildman–Crippen MR) is 43.3 cm³/mol. The van der Waals surface area contributed by atoms with Gasteiger partial charge in [-0.1, -0.05) is 6.92 Å². The Hall–Kier alpha value is -0.800. The number of amides is 1. The van der Waals surface area contributed by atoms with E-state index in [2.05, 4.69) is 4.28 Å². The van der Waals surface area contributed by atoms with Crippen LogP contribution in [-0.4, -0.2) is 42.8 Å². The highest BCUT2D eigenvalue weighted by Crippen LogP contribution is 2.39. The molecule has 1 rings (SSSR count). The molecule has 0 bridgehead atoms. The Morgan fingerprint density at radius 2 is 2.00 bits per heavy atom. The summed E-state index contributed by atoms with van der Waals surface area (Å²) in [5.41, 5.74) is -1.95. The minimum Gasteiger partial charge on any atom is -0.272 e. The van der Waals surface area contributed by atoms with Gasteiger partial charge in [-0.15, -0.1) is 4.28 Å². The molecule has 1 N–H and O–H groups in total. The SMILES string of the molecule is C[C@@H]1C(=O)N(OS(=O)(=O)O)C1(CF)CF. The molecule has 6 nitrogen and oxygen atoms in total. The van der Waals surface area contributed by atoms with Crippen molar-refractivity contribution in [3.8, 4) is 0 Å². The zero-order valence-corrected chi connectivity index (χ0v) is 8.50. The van der Waals surface area contributed by atoms with Gasteiger partial charge in [0, 0.05) is 0 Å². The van der Waals surface area contributed by atoms with E-state index in [-0.39, 0.29) is 5.06 Å². The van der Waals surface area contributed by atoms with Crippen molar-refractivity contribution in [2.75, 3.05) is 13.3 Å². The monoisotopic (exact) mass is 245 g/mol. The summed E-state index contributed by atoms with van der Waals surface area (Å²) in [6.07, 6.45) is 0. The lowest BCUT2D eigenvalue weighted by atomic mass is 9.78. The van der Waals surface area contributed by atoms with Crippen LogP contribution in [0.2, 0.25) is 0 Å². The first-order valence-corrected chi connectivity index (χ1v) is 5.28. The number of alkyl halides is 2. The molecule has 0 radical (unpaired) electrons. The molecular weight excluding hydrogens is 236 g/mol. The Balaban J connectivity index is 2.93. The Bertz CT molecular complexity index is 366. The zero-order valence-electron chi connectivity index (χ0n) is 7.68. The van der Waals surface area contributed by atoms with E-state index in [0.29, 0.717) is 0 Å². The molecule has 0 aromatic carbocycles. The quantitative estimate of drug-likeness (QED) is 0.551. The molecule has 1 heterocycles. The van der Waals surface area contributed by atoms with E-state index < -0.39 is 41.1 Å². The summed E-state index contributed by atoms with van der Waals surface area (Å²) in [5.74, 6) is -1.93. The highest BCUT2D eigenvalue weighted by atomic mass is 32.3. The lowest BCUT2D eigenvalue weighted by Gasteiger charge is -2.50. The van der Waals surface area contributed by atoms with Crippen LogP contribution in [0.1, 0.15) is 6.92 Å². The summed E-state index contributed by atoms with van der Waals surface area (Å²) in [4.78, 5) is 11.1. The minimum atomic E-state index is -4.96. The number of hydrogen-bond donors (Lipinski definition) is 1. The van der Waals surface area contributed by atoms with Crippen LogP contribution >= 0.6 is 0 Å². The number of hydrogen-bond acceptors (Lipinski definition) is 4. The number of carbonyl (C=O) groups excluding carboxylic acids is 1. The minimum absolute atomic E-state index is 0.0208. The van der Waals surface area contributed by atoms with Gasteiger partial charge in [0.25, 0.3) is 5.91 Å². The van der Waals surface area contributed by atoms with Crippen molar-refractivity contribution < 1.29 is 30.8 Å². The maximum atomic E-state index is 12.6. The second kappa shape index (κ2) is 3.65. The molecule has 0 aromatic rings. The highest BCUT2D eigenvalue weighted by Gasteiger charge is 2.61. The van der Waals surface area contributed by atoms with Gasteiger partial charge in [0.2, 0.25) is 0 Å². The van der Waals surface area contributed by atoms with Crippen LogP contribution in [0.5, 0.6) is 0 Å². The second-order valence-electron chi connectivity index (χ2n) is 3.23. The zero-order chi connectivity index (χ0) is 11.9. The van der Waals surface area contributed by atoms with Crippen molar-refractivity contribution in [1.29, 1.82) is 0 Å². The van der Waals surface area contributed by atoms with Crippen LogP contribution in [-0.2, 0) is 19.5 Å². The summed E-state index contributed by atoms with van der Waals surface area (Å²) >= 11 is 0. The van der Waals surface area contributed by atoms with Crippen molar-refractivity contribution in [3.05, 3.63) is 0 Å². The van der Waals surface area contributed by atoms with E-state index in [4.69, 9.17) is 4.55 Å². The van der Waals surface area contributed by atoms with Crippen LogP contribution < -0.4 is 0 Å². The molecular formula is C6H9F2NO5S. The van der Waals surface area contributed by atoms with Gasteiger partial charge in [-0.25, -0.2) is 8.78 Å². The highest BCUT2D eigenvalue weighted by molar-refractivity contribution is 7.80. The van der Waals surface area contributed by atoms with Crippen molar-refractivity contribution >= 4 is 16.3 Å². The van der Waals surface area contributed by atoms with E-state index in [1.54, 1.807) is 0 Å². The molecule has 1 aliphatic heterocycles. The Morgan fingerprint density at radius 1 is 1.53 bits per heavy atom. The van der Waals surface area contributed by atoms with Gasteiger partial charge in [0.1, 0.15) is 18.9 Å². The number of rotatable bonds is 4. The van der Waals surface area contributed by atoms with E-state index in [0.717, 1.165) is 0 Å². The molecule has 9 heteroatoms. The van der Waals surface area contributed by atoms with E-state index in [9.17, 15) is 22.0 Å². The van der Waals surface area contributed by atoms with Gasteiger partial charge in [-0.3, -0.25) is 9.35 Å². The van der Waals surface area contributed by atoms with Crippen molar-refractivity contribution in [2.24, 2.45) is 5.92 Å². The van der Waals surface area contributed by atoms with Gasteiger partial charge in [-0.05, 0) is 0 Å². The van der Waals surface area contributed by atoms with Crippen molar-refractivity contribution in [3.63, 3.8) is 0 Å². The fourth-order valence-electron chi connectivity index (χ4n) is 1.32. The summed E-state index contributed by atoms with van der Waals surface area (Å²) in [7, 11) is -4.96. The number of hydroxylamine groups is 2. The molecule has 0 saturated carbocycles. The third-order valence-electron chi connectivity index (χ3n) is 2.41. The summed E-state index contributed by atoms with van der Waals surface area (Å²) in [6, 6.07) is 0. The lowest BCUT2D eigenvalue weighted by Crippen LogP contribution is -2.72. The molecule has 1 aliphatic rings. The van der Waals surface area contributed by atoms with Crippen LogP contribution in [0.25, 0.3) is 0 Å². The Morgan fingerprint density at radius 3 is 2.33 bits per heavy atom. The van der Waals surface area contributed by atoms with Crippen LogP contribution in [0.3, 0.4) is 0 Å². The van der Waals surface area contributed by atoms with Crippen molar-refractivity contribution in [2.45, 2.75) is 12.5 Å². The van der Waals surface area contributed by atoms with E-state index >= 15 is 0 Å². The van der Waals surface area contributed by atoms with E-state index in [1.807, 2.05) is 0 Å². The molecule has 88 valence electrons. The van der Waals surface area contributed by atoms with Gasteiger partial charge in [0.15, 0.2) is 0 Å². The average Bonchev–Trinajstić information content (AvgIpc) is 2.16. The van der Waals surface area contributed by atoms with Gasteiger partial charge in [-0.2, -0.15) is 13.5 Å². The largest absolute Gasteiger partial charge is 0.418 e. The molecule has 1 amide bonds. The smallest absolute Gasteiger partial charge is 0.272 e. The summed E-state index contributed by atoms with van der Waals surface area (Å²) in [5, 5.41) is 0.0208. The average molecular weight is 245 g/mol. The summed E-state index contributed by atoms with van der Waals surface area (Å²) < 4.78 is 57.8. The maximum Gasteiger partial charge on any atom is 0.418 e. The number of nitrogens with zero attached hydrogens (tertiary/aromatic N) is 1. The normalized spacial score (nSPS) is 25.2. The molecule has 0 unspecified atom stereocenters. The molecule has 0 aromatic heterocycles. The molecule has 0 spiro atoms. The van der Waals surface area contributed by atoms with Crippen molar-refractivity contribution in [1.82, 2.24) is 5.06 Å².